The van der Waals surface area contributed by atoms with Gasteiger partial charge in [-0.05, 0) is 36.6 Å². The fourth-order valence-corrected chi connectivity index (χ4v) is 2.02. The Labute approximate surface area is 113 Å². The number of benzene rings is 2. The molecule has 19 heavy (non-hydrogen) atoms. The molecule has 0 aliphatic carbocycles. The van der Waals surface area contributed by atoms with Crippen molar-refractivity contribution in [2.45, 2.75) is 27.0 Å². The first-order chi connectivity index (χ1) is 9.11. The van der Waals surface area contributed by atoms with Gasteiger partial charge in [0.2, 0.25) is 0 Å². The second-order valence-electron chi connectivity index (χ2n) is 4.62. The maximum atomic E-state index is 13.6. The maximum absolute atomic E-state index is 13.6. The summed E-state index contributed by atoms with van der Waals surface area (Å²) in [5, 5.41) is 0. The van der Waals surface area contributed by atoms with Crippen LogP contribution >= 0.6 is 0 Å². The van der Waals surface area contributed by atoms with Crippen molar-refractivity contribution in [2.24, 2.45) is 5.73 Å². The van der Waals surface area contributed by atoms with Crippen LogP contribution < -0.4 is 10.5 Å². The highest BCUT2D eigenvalue weighted by atomic mass is 19.1. The molecule has 0 unspecified atom stereocenters. The molecule has 0 aliphatic rings. The lowest BCUT2D eigenvalue weighted by Crippen LogP contribution is -2.03. The Morgan fingerprint density at radius 2 is 1.79 bits per heavy atom. The molecule has 0 atom stereocenters. The lowest BCUT2D eigenvalue weighted by atomic mass is 10.0. The molecule has 2 aromatic rings. The number of halogens is 1. The second kappa shape index (κ2) is 5.85. The van der Waals surface area contributed by atoms with E-state index in [1.165, 1.54) is 17.2 Å². The molecule has 0 spiro atoms. The third kappa shape index (κ3) is 3.12. The summed E-state index contributed by atoms with van der Waals surface area (Å²) < 4.78 is 19.2. The summed E-state index contributed by atoms with van der Waals surface area (Å²) in [6, 6.07) is 10.9. The minimum atomic E-state index is -0.318. The molecule has 3 heteroatoms. The highest BCUT2D eigenvalue weighted by Gasteiger charge is 2.05. The average molecular weight is 259 g/mol. The van der Waals surface area contributed by atoms with Crippen LogP contribution in [0.25, 0.3) is 0 Å². The molecule has 0 radical (unpaired) electrons. The quantitative estimate of drug-likeness (QED) is 0.912. The molecule has 0 aromatic heterocycles. The molecule has 2 rings (SSSR count). The van der Waals surface area contributed by atoms with Crippen LogP contribution in [-0.4, -0.2) is 0 Å². The lowest BCUT2D eigenvalue weighted by Gasteiger charge is -2.12. The summed E-state index contributed by atoms with van der Waals surface area (Å²) in [6.07, 6.45) is 0. The molecule has 2 nitrogen and oxygen atoms in total. The van der Waals surface area contributed by atoms with E-state index >= 15 is 0 Å². The van der Waals surface area contributed by atoms with Crippen molar-refractivity contribution in [1.82, 2.24) is 0 Å². The van der Waals surface area contributed by atoms with Gasteiger partial charge in [-0.2, -0.15) is 0 Å². The summed E-state index contributed by atoms with van der Waals surface area (Å²) in [5.41, 5.74) is 9.43. The van der Waals surface area contributed by atoms with Crippen molar-refractivity contribution >= 4 is 0 Å². The Balaban J connectivity index is 2.13. The summed E-state index contributed by atoms with van der Waals surface area (Å²) in [5.74, 6) is 0.207. The van der Waals surface area contributed by atoms with Gasteiger partial charge in [0.15, 0.2) is 0 Å². The minimum absolute atomic E-state index is 0.197. The number of hydrogen-bond acceptors (Lipinski definition) is 2. The fourth-order valence-electron chi connectivity index (χ4n) is 2.02. The van der Waals surface area contributed by atoms with Gasteiger partial charge in [-0.1, -0.05) is 24.3 Å². The van der Waals surface area contributed by atoms with E-state index in [1.807, 2.05) is 32.0 Å². The number of nitrogens with two attached hydrogens (primary N) is 1. The summed E-state index contributed by atoms with van der Waals surface area (Å²) >= 11 is 0. The Hall–Kier alpha value is -1.87. The summed E-state index contributed by atoms with van der Waals surface area (Å²) in [6.45, 7) is 4.73. The van der Waals surface area contributed by atoms with E-state index in [0.717, 1.165) is 5.56 Å². The molecule has 0 saturated heterocycles. The smallest absolute Gasteiger partial charge is 0.131 e. The van der Waals surface area contributed by atoms with E-state index in [0.29, 0.717) is 17.9 Å². The molecular formula is C16H18FNO. The largest absolute Gasteiger partial charge is 0.489 e. The molecule has 2 aromatic carbocycles. The third-order valence-corrected chi connectivity index (χ3v) is 3.27. The molecule has 0 heterocycles. The van der Waals surface area contributed by atoms with Gasteiger partial charge in [-0.3, -0.25) is 0 Å². The number of rotatable bonds is 4. The highest BCUT2D eigenvalue weighted by Crippen LogP contribution is 2.20. The molecule has 0 aliphatic heterocycles. The van der Waals surface area contributed by atoms with E-state index in [4.69, 9.17) is 10.5 Å². The molecule has 2 N–H and O–H groups in total. The first-order valence-electron chi connectivity index (χ1n) is 6.28. The van der Waals surface area contributed by atoms with Crippen LogP contribution in [0.5, 0.6) is 5.75 Å². The second-order valence-corrected chi connectivity index (χ2v) is 4.62. The zero-order chi connectivity index (χ0) is 13.8. The van der Waals surface area contributed by atoms with Crippen molar-refractivity contribution < 1.29 is 9.13 Å². The van der Waals surface area contributed by atoms with Crippen LogP contribution in [0, 0.1) is 19.7 Å². The maximum Gasteiger partial charge on any atom is 0.131 e. The number of aryl methyl sites for hydroxylation is 2. The molecular weight excluding hydrogens is 241 g/mol. The van der Waals surface area contributed by atoms with Gasteiger partial charge in [0, 0.05) is 18.2 Å². The van der Waals surface area contributed by atoms with E-state index in [2.05, 4.69) is 0 Å². The van der Waals surface area contributed by atoms with Gasteiger partial charge in [0.25, 0.3) is 0 Å². The van der Waals surface area contributed by atoms with Crippen LogP contribution in [0.3, 0.4) is 0 Å². The van der Waals surface area contributed by atoms with Gasteiger partial charge in [0.05, 0.1) is 0 Å². The molecule has 100 valence electrons. The Morgan fingerprint density at radius 1 is 1.11 bits per heavy atom. The molecule has 0 fully saturated rings. The zero-order valence-electron chi connectivity index (χ0n) is 11.2. The predicted octanol–water partition coefficient (Wildman–Crippen LogP) is 3.48. The Morgan fingerprint density at radius 3 is 2.37 bits per heavy atom. The van der Waals surface area contributed by atoms with Gasteiger partial charge < -0.3 is 10.5 Å². The van der Waals surface area contributed by atoms with E-state index in [1.54, 1.807) is 12.1 Å². The highest BCUT2D eigenvalue weighted by molar-refractivity contribution is 5.34. The third-order valence-electron chi connectivity index (χ3n) is 3.27. The first kappa shape index (κ1) is 13.6. The fraction of sp³-hybridized carbons (Fsp3) is 0.250. The predicted molar refractivity (Wildman–Crippen MR) is 74.5 cm³/mol. The van der Waals surface area contributed by atoms with E-state index in [9.17, 15) is 4.39 Å². The van der Waals surface area contributed by atoms with Crippen molar-refractivity contribution in [3.63, 3.8) is 0 Å². The Bertz CT molecular complexity index is 561. The topological polar surface area (TPSA) is 35.2 Å². The van der Waals surface area contributed by atoms with Crippen LogP contribution in [-0.2, 0) is 13.2 Å². The average Bonchev–Trinajstić information content (AvgIpc) is 2.38. The number of ether oxygens (including phenoxy) is 1. The standard InChI is InChI=1S/C16H18FNO/c1-11-4-3-5-12(2)15(11)10-19-14-7-6-13(9-18)16(17)8-14/h3-8H,9-10,18H2,1-2H3. The zero-order valence-corrected chi connectivity index (χ0v) is 11.2. The van der Waals surface area contributed by atoms with Gasteiger partial charge >= 0.3 is 0 Å². The van der Waals surface area contributed by atoms with Crippen molar-refractivity contribution in [2.75, 3.05) is 0 Å². The normalized spacial score (nSPS) is 10.5. The molecule has 0 amide bonds. The van der Waals surface area contributed by atoms with E-state index < -0.39 is 0 Å². The van der Waals surface area contributed by atoms with Crippen LogP contribution in [0.2, 0.25) is 0 Å². The van der Waals surface area contributed by atoms with Crippen LogP contribution in [0.15, 0.2) is 36.4 Å². The van der Waals surface area contributed by atoms with E-state index in [-0.39, 0.29) is 12.4 Å². The monoisotopic (exact) mass is 259 g/mol. The van der Waals surface area contributed by atoms with Gasteiger partial charge in [0.1, 0.15) is 18.2 Å². The lowest BCUT2D eigenvalue weighted by molar-refractivity contribution is 0.303. The summed E-state index contributed by atoms with van der Waals surface area (Å²) in [4.78, 5) is 0. The minimum Gasteiger partial charge on any atom is -0.489 e. The SMILES string of the molecule is Cc1cccc(C)c1COc1ccc(CN)c(F)c1. The van der Waals surface area contributed by atoms with Gasteiger partial charge in [-0.25, -0.2) is 4.39 Å². The van der Waals surface area contributed by atoms with Crippen LogP contribution in [0.4, 0.5) is 4.39 Å². The summed E-state index contributed by atoms with van der Waals surface area (Å²) in [7, 11) is 0. The molecule has 0 bridgehead atoms. The number of hydrogen-bond donors (Lipinski definition) is 1. The first-order valence-corrected chi connectivity index (χ1v) is 6.28. The molecule has 0 saturated carbocycles. The van der Waals surface area contributed by atoms with Crippen molar-refractivity contribution in [1.29, 1.82) is 0 Å². The Kier molecular flexibility index (Phi) is 4.17. The van der Waals surface area contributed by atoms with Crippen molar-refractivity contribution in [3.8, 4) is 5.75 Å². The van der Waals surface area contributed by atoms with Gasteiger partial charge in [-0.15, -0.1) is 0 Å². The van der Waals surface area contributed by atoms with Crippen molar-refractivity contribution in [3.05, 3.63) is 64.5 Å². The van der Waals surface area contributed by atoms with Crippen LogP contribution in [0.1, 0.15) is 22.3 Å².